The van der Waals surface area contributed by atoms with Crippen LogP contribution in [0.5, 0.6) is 0 Å². The zero-order chi connectivity index (χ0) is 18.8. The average molecular weight is 366 g/mol. The van der Waals surface area contributed by atoms with Gasteiger partial charge in [-0.3, -0.25) is 4.79 Å². The van der Waals surface area contributed by atoms with Crippen LogP contribution < -0.4 is 10.2 Å². The van der Waals surface area contributed by atoms with Gasteiger partial charge in [-0.05, 0) is 36.6 Å². The number of carbonyl (C=O) groups excluding carboxylic acids is 1. The summed E-state index contributed by atoms with van der Waals surface area (Å²) in [5.74, 6) is -1.90. The summed E-state index contributed by atoms with van der Waals surface area (Å²) in [4.78, 5) is 22.8. The molecule has 0 radical (unpaired) electrons. The second kappa shape index (κ2) is 7.11. The second-order valence-corrected chi connectivity index (χ2v) is 6.23. The molecule has 1 N–H and O–H groups in total. The lowest BCUT2D eigenvalue weighted by Crippen LogP contribution is -2.26. The van der Waals surface area contributed by atoms with Gasteiger partial charge in [-0.1, -0.05) is 18.2 Å². The molecule has 0 atom stereocenters. The molecule has 2 aromatic carbocycles. The summed E-state index contributed by atoms with van der Waals surface area (Å²) in [5.41, 5.74) is 2.60. The molecule has 1 amide bonds. The fourth-order valence-corrected chi connectivity index (χ4v) is 3.16. The predicted octanol–water partition coefficient (Wildman–Crippen LogP) is 4.09. The Kier molecular flexibility index (Phi) is 4.50. The van der Waals surface area contributed by atoms with Gasteiger partial charge in [0.2, 0.25) is 0 Å². The molecule has 2 heterocycles. The number of fused-ring (bicyclic) bond motifs is 1. The quantitative estimate of drug-likeness (QED) is 0.758. The van der Waals surface area contributed by atoms with Crippen molar-refractivity contribution in [1.29, 1.82) is 0 Å². The number of anilines is 3. The van der Waals surface area contributed by atoms with Crippen LogP contribution in [0.4, 0.5) is 26.0 Å². The van der Waals surface area contributed by atoms with Gasteiger partial charge in [0.1, 0.15) is 17.8 Å². The van der Waals surface area contributed by atoms with Crippen LogP contribution in [0.1, 0.15) is 22.5 Å². The van der Waals surface area contributed by atoms with Crippen LogP contribution in [-0.4, -0.2) is 22.4 Å². The predicted molar refractivity (Wildman–Crippen MR) is 98.1 cm³/mol. The van der Waals surface area contributed by atoms with Crippen LogP contribution in [-0.2, 0) is 6.42 Å². The van der Waals surface area contributed by atoms with Crippen molar-refractivity contribution in [1.82, 2.24) is 9.97 Å². The van der Waals surface area contributed by atoms with Crippen LogP contribution in [0.15, 0.2) is 54.9 Å². The minimum Gasteiger partial charge on any atom is -0.326 e. The van der Waals surface area contributed by atoms with Gasteiger partial charge in [0.25, 0.3) is 5.91 Å². The highest BCUT2D eigenvalue weighted by Crippen LogP contribution is 2.32. The molecule has 0 unspecified atom stereocenters. The van der Waals surface area contributed by atoms with Crippen molar-refractivity contribution >= 4 is 23.1 Å². The molecule has 0 saturated heterocycles. The highest BCUT2D eigenvalue weighted by atomic mass is 19.2. The van der Waals surface area contributed by atoms with Crippen molar-refractivity contribution in [2.45, 2.75) is 12.8 Å². The number of para-hydroxylation sites is 1. The Balaban J connectivity index is 1.59. The highest BCUT2D eigenvalue weighted by molar-refractivity contribution is 6.03. The van der Waals surface area contributed by atoms with E-state index < -0.39 is 17.5 Å². The molecule has 0 spiro atoms. The zero-order valence-corrected chi connectivity index (χ0v) is 14.3. The maximum atomic E-state index is 13.3. The number of amides is 1. The standard InChI is InChI=1S/C20H16F2N4O/c21-15-8-7-14(10-16(15)22)25-20(27)17-11-19(24-12-23-17)26-9-3-5-13-4-1-2-6-18(13)26/h1-2,4,6-8,10-12H,3,5,9H2,(H,25,27). The number of aromatic nitrogens is 2. The number of hydrogen-bond donors (Lipinski definition) is 1. The number of hydrogen-bond acceptors (Lipinski definition) is 4. The molecule has 7 heteroatoms. The van der Waals surface area contributed by atoms with Crippen LogP contribution in [0, 0.1) is 11.6 Å². The van der Waals surface area contributed by atoms with Crippen LogP contribution in [0.2, 0.25) is 0 Å². The van der Waals surface area contributed by atoms with Crippen LogP contribution >= 0.6 is 0 Å². The number of halogens is 2. The molecule has 0 fully saturated rings. The summed E-state index contributed by atoms with van der Waals surface area (Å²) in [6, 6.07) is 12.9. The van der Waals surface area contributed by atoms with Gasteiger partial charge in [0, 0.05) is 30.1 Å². The maximum Gasteiger partial charge on any atom is 0.274 e. The summed E-state index contributed by atoms with van der Waals surface area (Å²) in [6.07, 6.45) is 3.31. The van der Waals surface area contributed by atoms with E-state index in [1.165, 1.54) is 18.0 Å². The normalized spacial score (nSPS) is 13.2. The van der Waals surface area contributed by atoms with Gasteiger partial charge in [-0.2, -0.15) is 0 Å². The second-order valence-electron chi connectivity index (χ2n) is 6.23. The van der Waals surface area contributed by atoms with Crippen LogP contribution in [0.25, 0.3) is 0 Å². The van der Waals surface area contributed by atoms with E-state index in [4.69, 9.17) is 0 Å². The fraction of sp³-hybridized carbons (Fsp3) is 0.150. The Morgan fingerprint density at radius 1 is 1.04 bits per heavy atom. The van der Waals surface area contributed by atoms with Gasteiger partial charge in [-0.15, -0.1) is 0 Å². The Morgan fingerprint density at radius 2 is 1.89 bits per heavy atom. The third-order valence-corrected chi connectivity index (χ3v) is 4.45. The summed E-state index contributed by atoms with van der Waals surface area (Å²) < 4.78 is 26.3. The third kappa shape index (κ3) is 3.48. The number of aryl methyl sites for hydroxylation is 1. The van der Waals surface area contributed by atoms with E-state index >= 15 is 0 Å². The van der Waals surface area contributed by atoms with Crippen molar-refractivity contribution < 1.29 is 13.6 Å². The Labute approximate surface area is 154 Å². The largest absolute Gasteiger partial charge is 0.326 e. The van der Waals surface area contributed by atoms with E-state index in [-0.39, 0.29) is 11.4 Å². The smallest absolute Gasteiger partial charge is 0.274 e. The van der Waals surface area contributed by atoms with Crippen molar-refractivity contribution in [3.63, 3.8) is 0 Å². The summed E-state index contributed by atoms with van der Waals surface area (Å²) in [6.45, 7) is 0.790. The molecule has 3 aromatic rings. The van der Waals surface area contributed by atoms with Crippen molar-refractivity contribution in [3.05, 3.63) is 77.8 Å². The van der Waals surface area contributed by atoms with Gasteiger partial charge in [0.05, 0.1) is 0 Å². The minimum atomic E-state index is -1.03. The molecule has 0 bridgehead atoms. The van der Waals surface area contributed by atoms with Crippen molar-refractivity contribution in [2.75, 3.05) is 16.8 Å². The monoisotopic (exact) mass is 366 g/mol. The first-order valence-electron chi connectivity index (χ1n) is 8.56. The first-order valence-corrected chi connectivity index (χ1v) is 8.56. The number of nitrogens with zero attached hydrogens (tertiary/aromatic N) is 3. The van der Waals surface area contributed by atoms with E-state index in [9.17, 15) is 13.6 Å². The Hall–Kier alpha value is -3.35. The first-order chi connectivity index (χ1) is 13.1. The maximum absolute atomic E-state index is 13.3. The minimum absolute atomic E-state index is 0.146. The third-order valence-electron chi connectivity index (χ3n) is 4.45. The molecule has 1 aliphatic rings. The van der Waals surface area contributed by atoms with E-state index in [0.29, 0.717) is 5.82 Å². The zero-order valence-electron chi connectivity index (χ0n) is 14.3. The highest BCUT2D eigenvalue weighted by Gasteiger charge is 2.20. The van der Waals surface area contributed by atoms with Gasteiger partial charge >= 0.3 is 0 Å². The van der Waals surface area contributed by atoms with E-state index in [0.717, 1.165) is 37.2 Å². The summed E-state index contributed by atoms with van der Waals surface area (Å²) >= 11 is 0. The molecule has 5 nitrogen and oxygen atoms in total. The number of benzene rings is 2. The first kappa shape index (κ1) is 17.1. The number of carbonyl (C=O) groups is 1. The lowest BCUT2D eigenvalue weighted by atomic mass is 10.0. The molecule has 1 aliphatic heterocycles. The molecular formula is C20H16F2N4O. The lowest BCUT2D eigenvalue weighted by Gasteiger charge is -2.30. The summed E-state index contributed by atoms with van der Waals surface area (Å²) in [5, 5.41) is 2.52. The van der Waals surface area contributed by atoms with Gasteiger partial charge < -0.3 is 10.2 Å². The molecule has 136 valence electrons. The average Bonchev–Trinajstić information content (AvgIpc) is 2.70. The number of nitrogens with one attached hydrogen (secondary N) is 1. The Morgan fingerprint density at radius 3 is 2.74 bits per heavy atom. The molecule has 0 aliphatic carbocycles. The van der Waals surface area contributed by atoms with E-state index in [2.05, 4.69) is 26.3 Å². The van der Waals surface area contributed by atoms with E-state index in [1.54, 1.807) is 6.07 Å². The molecule has 0 saturated carbocycles. The lowest BCUT2D eigenvalue weighted by molar-refractivity contribution is 0.102. The van der Waals surface area contributed by atoms with Crippen molar-refractivity contribution in [2.24, 2.45) is 0 Å². The number of rotatable bonds is 3. The fourth-order valence-electron chi connectivity index (χ4n) is 3.16. The molecular weight excluding hydrogens is 350 g/mol. The van der Waals surface area contributed by atoms with Crippen molar-refractivity contribution in [3.8, 4) is 0 Å². The van der Waals surface area contributed by atoms with Crippen LogP contribution in [0.3, 0.4) is 0 Å². The molecule has 1 aromatic heterocycles. The van der Waals surface area contributed by atoms with E-state index in [1.807, 2.05) is 18.2 Å². The molecule has 4 rings (SSSR count). The molecule has 27 heavy (non-hydrogen) atoms. The topological polar surface area (TPSA) is 58.1 Å². The van der Waals surface area contributed by atoms with Gasteiger partial charge in [0.15, 0.2) is 11.6 Å². The summed E-state index contributed by atoms with van der Waals surface area (Å²) in [7, 11) is 0. The SMILES string of the molecule is O=C(Nc1ccc(F)c(F)c1)c1cc(N2CCCc3ccccc32)ncn1. The Bertz CT molecular complexity index is 1010. The van der Waals surface area contributed by atoms with Gasteiger partial charge in [-0.25, -0.2) is 18.7 Å².